The number of carbonyl (C=O) groups excluding carboxylic acids is 1. The van der Waals surface area contributed by atoms with Crippen LogP contribution in [0.3, 0.4) is 0 Å². The lowest BCUT2D eigenvalue weighted by atomic mass is 10.1. The molecule has 1 fully saturated rings. The van der Waals surface area contributed by atoms with E-state index in [1.807, 2.05) is 12.1 Å². The molecule has 2 rings (SSSR count). The number of hydrogen-bond donors (Lipinski definition) is 1. The van der Waals surface area contributed by atoms with Crippen molar-refractivity contribution in [2.24, 2.45) is 0 Å². The molecule has 0 unspecified atom stereocenters. The van der Waals surface area contributed by atoms with Gasteiger partial charge in [0, 0.05) is 6.42 Å². The molecule has 0 spiro atoms. The molecule has 0 atom stereocenters. The quantitative estimate of drug-likeness (QED) is 0.821. The number of quaternary nitrogens is 1. The molecule has 0 bridgehead atoms. The highest BCUT2D eigenvalue weighted by Crippen LogP contribution is 2.13. The van der Waals surface area contributed by atoms with Gasteiger partial charge >= 0.3 is 0 Å². The molecule has 0 saturated carbocycles. The highest BCUT2D eigenvalue weighted by molar-refractivity contribution is 5.75. The zero-order chi connectivity index (χ0) is 14.2. The fourth-order valence-corrected chi connectivity index (χ4v) is 2.69. The Morgan fingerprint density at radius 1 is 1.15 bits per heavy atom. The molecule has 0 radical (unpaired) electrons. The topological polar surface area (TPSA) is 30.7 Å². The first-order valence-electron chi connectivity index (χ1n) is 7.79. The maximum atomic E-state index is 10.9. The van der Waals surface area contributed by atoms with Gasteiger partial charge in [-0.2, -0.15) is 0 Å². The maximum absolute atomic E-state index is 10.9. The van der Waals surface area contributed by atoms with Crippen molar-refractivity contribution in [2.75, 3.05) is 26.2 Å². The summed E-state index contributed by atoms with van der Waals surface area (Å²) in [5, 5.41) is 0. The van der Waals surface area contributed by atoms with E-state index in [4.69, 9.17) is 4.74 Å². The van der Waals surface area contributed by atoms with Gasteiger partial charge in [0.2, 0.25) is 0 Å². The van der Waals surface area contributed by atoms with Crippen LogP contribution in [0.1, 0.15) is 38.2 Å². The highest BCUT2D eigenvalue weighted by atomic mass is 16.5. The number of likely N-dealkylation sites (tertiary alicyclic amines) is 1. The Balaban J connectivity index is 1.69. The third-order valence-electron chi connectivity index (χ3n) is 3.97. The summed E-state index contributed by atoms with van der Waals surface area (Å²) in [6.07, 6.45) is 5.57. The van der Waals surface area contributed by atoms with Crippen molar-refractivity contribution in [3.8, 4) is 5.75 Å². The zero-order valence-corrected chi connectivity index (χ0v) is 12.5. The van der Waals surface area contributed by atoms with Crippen LogP contribution in [0.4, 0.5) is 0 Å². The van der Waals surface area contributed by atoms with Crippen LogP contribution < -0.4 is 9.64 Å². The molecule has 20 heavy (non-hydrogen) atoms. The van der Waals surface area contributed by atoms with Crippen LogP contribution in [0.15, 0.2) is 24.3 Å². The molecule has 1 saturated heterocycles. The standard InChI is InChI=1S/C17H25NO2/c1-15(19)5-6-16-7-9-17(10-8-16)20-14-13-18-11-3-2-4-12-18/h7-10H,2-6,11-14H2,1H3/p+1. The number of ketones is 1. The molecular weight excluding hydrogens is 250 g/mol. The minimum absolute atomic E-state index is 0.245. The summed E-state index contributed by atoms with van der Waals surface area (Å²) in [7, 11) is 0. The third kappa shape index (κ3) is 5.33. The number of Topliss-reactive ketones (excluding diaryl/α,β-unsaturated/α-hetero) is 1. The van der Waals surface area contributed by atoms with Crippen LogP contribution in [0.25, 0.3) is 0 Å². The minimum Gasteiger partial charge on any atom is -0.488 e. The fourth-order valence-electron chi connectivity index (χ4n) is 2.69. The van der Waals surface area contributed by atoms with Crippen LogP contribution in [-0.4, -0.2) is 32.0 Å². The second-order valence-corrected chi connectivity index (χ2v) is 5.76. The van der Waals surface area contributed by atoms with E-state index in [9.17, 15) is 4.79 Å². The second kappa shape index (κ2) is 8.05. The first kappa shape index (κ1) is 15.0. The molecule has 1 heterocycles. The summed E-state index contributed by atoms with van der Waals surface area (Å²) in [6, 6.07) is 8.15. The summed E-state index contributed by atoms with van der Waals surface area (Å²) in [4.78, 5) is 12.6. The minimum atomic E-state index is 0.245. The van der Waals surface area contributed by atoms with Gasteiger partial charge in [0.25, 0.3) is 0 Å². The normalized spacial score (nSPS) is 16.1. The van der Waals surface area contributed by atoms with Gasteiger partial charge in [0.15, 0.2) is 0 Å². The zero-order valence-electron chi connectivity index (χ0n) is 12.5. The van der Waals surface area contributed by atoms with Gasteiger partial charge in [-0.15, -0.1) is 0 Å². The van der Waals surface area contributed by atoms with Crippen molar-refractivity contribution in [1.29, 1.82) is 0 Å². The molecule has 0 aliphatic carbocycles. The van der Waals surface area contributed by atoms with Crippen LogP contribution in [-0.2, 0) is 11.2 Å². The van der Waals surface area contributed by atoms with Crippen molar-refractivity contribution in [2.45, 2.75) is 39.0 Å². The predicted octanol–water partition coefficient (Wildman–Crippen LogP) is 1.66. The van der Waals surface area contributed by atoms with Crippen molar-refractivity contribution in [1.82, 2.24) is 0 Å². The monoisotopic (exact) mass is 276 g/mol. The molecule has 3 nitrogen and oxygen atoms in total. The van der Waals surface area contributed by atoms with Crippen LogP contribution in [0.5, 0.6) is 5.75 Å². The summed E-state index contributed by atoms with van der Waals surface area (Å²) in [5.74, 6) is 1.18. The molecule has 0 aromatic heterocycles. The molecule has 1 N–H and O–H groups in total. The van der Waals surface area contributed by atoms with E-state index in [-0.39, 0.29) is 5.78 Å². The summed E-state index contributed by atoms with van der Waals surface area (Å²) >= 11 is 0. The summed E-state index contributed by atoms with van der Waals surface area (Å²) in [6.45, 7) is 6.13. The number of aryl methyl sites for hydroxylation is 1. The van der Waals surface area contributed by atoms with Gasteiger partial charge in [-0.3, -0.25) is 0 Å². The van der Waals surface area contributed by atoms with Gasteiger partial charge in [-0.1, -0.05) is 12.1 Å². The van der Waals surface area contributed by atoms with E-state index in [2.05, 4.69) is 12.1 Å². The Bertz CT molecular complexity index is 408. The lowest BCUT2D eigenvalue weighted by Gasteiger charge is -2.23. The molecule has 110 valence electrons. The number of carbonyl (C=O) groups is 1. The molecule has 1 aliphatic heterocycles. The van der Waals surface area contributed by atoms with Crippen molar-refractivity contribution < 1.29 is 14.4 Å². The van der Waals surface area contributed by atoms with E-state index >= 15 is 0 Å². The molecule has 3 heteroatoms. The number of rotatable bonds is 7. The van der Waals surface area contributed by atoms with Crippen LogP contribution >= 0.6 is 0 Å². The van der Waals surface area contributed by atoms with Crippen molar-refractivity contribution >= 4 is 5.78 Å². The fraction of sp³-hybridized carbons (Fsp3) is 0.588. The SMILES string of the molecule is CC(=O)CCc1ccc(OCC[NH+]2CCCCC2)cc1. The van der Waals surface area contributed by atoms with E-state index in [0.717, 1.165) is 25.3 Å². The Morgan fingerprint density at radius 3 is 2.50 bits per heavy atom. The number of piperidine rings is 1. The number of nitrogens with one attached hydrogen (secondary N) is 1. The largest absolute Gasteiger partial charge is 0.488 e. The average molecular weight is 276 g/mol. The van der Waals surface area contributed by atoms with Crippen LogP contribution in [0, 0.1) is 0 Å². The van der Waals surface area contributed by atoms with E-state index in [1.54, 1.807) is 11.8 Å². The van der Waals surface area contributed by atoms with E-state index in [1.165, 1.54) is 37.9 Å². The van der Waals surface area contributed by atoms with Gasteiger partial charge < -0.3 is 14.4 Å². The van der Waals surface area contributed by atoms with Gasteiger partial charge in [0.05, 0.1) is 13.1 Å². The lowest BCUT2D eigenvalue weighted by Crippen LogP contribution is -3.13. The van der Waals surface area contributed by atoms with Crippen molar-refractivity contribution in [3.05, 3.63) is 29.8 Å². The molecule has 1 aliphatic rings. The van der Waals surface area contributed by atoms with Gasteiger partial charge in [0.1, 0.15) is 24.7 Å². The van der Waals surface area contributed by atoms with Gasteiger partial charge in [-0.05, 0) is 50.3 Å². The summed E-state index contributed by atoms with van der Waals surface area (Å²) in [5.41, 5.74) is 1.20. The average Bonchev–Trinajstić information content (AvgIpc) is 2.47. The van der Waals surface area contributed by atoms with Crippen molar-refractivity contribution in [3.63, 3.8) is 0 Å². The summed E-state index contributed by atoms with van der Waals surface area (Å²) < 4.78 is 5.80. The predicted molar refractivity (Wildman–Crippen MR) is 80.4 cm³/mol. The Morgan fingerprint density at radius 2 is 1.85 bits per heavy atom. The lowest BCUT2D eigenvalue weighted by molar-refractivity contribution is -0.904. The number of hydrogen-bond acceptors (Lipinski definition) is 2. The third-order valence-corrected chi connectivity index (χ3v) is 3.97. The molecule has 0 amide bonds. The van der Waals surface area contributed by atoms with E-state index < -0.39 is 0 Å². The highest BCUT2D eigenvalue weighted by Gasteiger charge is 2.12. The Labute approximate surface area is 121 Å². The number of benzene rings is 1. The molecular formula is C17H26NO2+. The molecule has 1 aromatic rings. The Kier molecular flexibility index (Phi) is 6.06. The number of ether oxygens (including phenoxy) is 1. The maximum Gasteiger partial charge on any atom is 0.137 e. The smallest absolute Gasteiger partial charge is 0.137 e. The van der Waals surface area contributed by atoms with Crippen LogP contribution in [0.2, 0.25) is 0 Å². The van der Waals surface area contributed by atoms with E-state index in [0.29, 0.717) is 6.42 Å². The molecule has 1 aromatic carbocycles. The first-order valence-corrected chi connectivity index (χ1v) is 7.79. The Hall–Kier alpha value is -1.35. The second-order valence-electron chi connectivity index (χ2n) is 5.76. The first-order chi connectivity index (χ1) is 9.74. The van der Waals surface area contributed by atoms with Gasteiger partial charge in [-0.25, -0.2) is 0 Å².